The summed E-state index contributed by atoms with van der Waals surface area (Å²) in [6, 6.07) is 64.0. The molecule has 0 aliphatic carbocycles. The summed E-state index contributed by atoms with van der Waals surface area (Å²) in [5, 5.41) is 10.2. The standard InChI is InChI=1S/C60H46N4/c1-35-25-36(2)28-43(27-35)61(53-19-9-7-13-39(53)5)41-21-23-55-49(31-41)45-15-11-17-47-51-34-58-52(33-57(51)63(55)59(45)47)48-18-12-16-46-50-32-42(22-24-56(50)64(58)60(46)48)62(54-20-10-8-14-40(54)6)44-29-37(3)26-38(4)30-44/h7-34H,1-6H3. The first-order chi connectivity index (χ1) is 31.2. The maximum atomic E-state index is 2.53. The Bertz CT molecular complexity index is 3750. The van der Waals surface area contributed by atoms with Crippen molar-refractivity contribution < 1.29 is 0 Å². The van der Waals surface area contributed by atoms with E-state index >= 15 is 0 Å². The van der Waals surface area contributed by atoms with E-state index in [1.165, 1.54) is 132 Å². The van der Waals surface area contributed by atoms with Crippen LogP contribution in [-0.4, -0.2) is 8.80 Å². The van der Waals surface area contributed by atoms with Crippen molar-refractivity contribution >= 4 is 110 Å². The van der Waals surface area contributed by atoms with Gasteiger partial charge in [-0.05, 0) is 160 Å². The quantitative estimate of drug-likeness (QED) is 0.166. The fourth-order valence-electron chi connectivity index (χ4n) is 11.3. The van der Waals surface area contributed by atoms with Crippen LogP contribution >= 0.6 is 0 Å². The maximum absolute atomic E-state index is 2.53. The number of fused-ring (bicyclic) bond motifs is 12. The number of nitrogens with zero attached hydrogens (tertiary/aromatic N) is 4. The summed E-state index contributed by atoms with van der Waals surface area (Å²) in [5.41, 5.74) is 22.1. The molecule has 9 aromatic carbocycles. The van der Waals surface area contributed by atoms with Crippen molar-refractivity contribution in [3.8, 4) is 0 Å². The Morgan fingerprint density at radius 2 is 0.641 bits per heavy atom. The second kappa shape index (κ2) is 13.3. The highest BCUT2D eigenvalue weighted by atomic mass is 15.2. The zero-order valence-electron chi connectivity index (χ0n) is 37.0. The number of anilines is 6. The molecule has 4 nitrogen and oxygen atoms in total. The number of hydrogen-bond donors (Lipinski definition) is 0. The van der Waals surface area contributed by atoms with Crippen molar-refractivity contribution in [3.63, 3.8) is 0 Å². The molecule has 13 rings (SSSR count). The number of aromatic nitrogens is 2. The molecule has 0 saturated heterocycles. The van der Waals surface area contributed by atoms with Gasteiger partial charge in [0.2, 0.25) is 0 Å². The van der Waals surface area contributed by atoms with Crippen LogP contribution in [0.25, 0.3) is 76.2 Å². The van der Waals surface area contributed by atoms with Crippen LogP contribution in [0.1, 0.15) is 33.4 Å². The molecule has 4 aromatic heterocycles. The van der Waals surface area contributed by atoms with Crippen molar-refractivity contribution in [1.29, 1.82) is 0 Å². The number of para-hydroxylation sites is 4. The third-order valence-electron chi connectivity index (χ3n) is 13.9. The molecule has 4 heteroatoms. The molecule has 0 atom stereocenters. The lowest BCUT2D eigenvalue weighted by atomic mass is 10.0. The highest BCUT2D eigenvalue weighted by molar-refractivity contribution is 6.29. The number of rotatable bonds is 6. The lowest BCUT2D eigenvalue weighted by molar-refractivity contribution is 1.23. The van der Waals surface area contributed by atoms with E-state index in [1.807, 2.05) is 0 Å². The molecule has 4 heterocycles. The lowest BCUT2D eigenvalue weighted by Crippen LogP contribution is -2.11. The van der Waals surface area contributed by atoms with Crippen molar-refractivity contribution in [3.05, 3.63) is 203 Å². The fourth-order valence-corrected chi connectivity index (χ4v) is 11.3. The van der Waals surface area contributed by atoms with Gasteiger partial charge in [-0.25, -0.2) is 0 Å². The predicted molar refractivity (Wildman–Crippen MR) is 274 cm³/mol. The van der Waals surface area contributed by atoms with Gasteiger partial charge >= 0.3 is 0 Å². The van der Waals surface area contributed by atoms with E-state index in [1.54, 1.807) is 0 Å². The Labute approximate surface area is 372 Å². The van der Waals surface area contributed by atoms with Crippen molar-refractivity contribution in [2.75, 3.05) is 9.80 Å². The first-order valence-corrected chi connectivity index (χ1v) is 22.4. The van der Waals surface area contributed by atoms with E-state index < -0.39 is 0 Å². The van der Waals surface area contributed by atoms with Gasteiger partial charge in [0.25, 0.3) is 0 Å². The van der Waals surface area contributed by atoms with E-state index in [0.29, 0.717) is 0 Å². The predicted octanol–water partition coefficient (Wildman–Crippen LogP) is 16.8. The van der Waals surface area contributed by atoms with Crippen LogP contribution in [0.5, 0.6) is 0 Å². The third-order valence-corrected chi connectivity index (χ3v) is 13.9. The number of aryl methyl sites for hydroxylation is 6. The summed E-state index contributed by atoms with van der Waals surface area (Å²) in [5.74, 6) is 0. The highest BCUT2D eigenvalue weighted by Crippen LogP contribution is 2.48. The summed E-state index contributed by atoms with van der Waals surface area (Å²) in [6.07, 6.45) is 0. The topological polar surface area (TPSA) is 15.3 Å². The van der Waals surface area contributed by atoms with Gasteiger partial charge in [-0.2, -0.15) is 0 Å². The van der Waals surface area contributed by atoms with Gasteiger partial charge in [-0.1, -0.05) is 84.9 Å². The molecule has 0 aliphatic rings. The highest BCUT2D eigenvalue weighted by Gasteiger charge is 2.25. The molecule has 0 unspecified atom stereocenters. The second-order valence-corrected chi connectivity index (χ2v) is 18.3. The monoisotopic (exact) mass is 822 g/mol. The van der Waals surface area contributed by atoms with E-state index in [2.05, 4.69) is 230 Å². The average Bonchev–Trinajstić information content (AvgIpc) is 4.00. The van der Waals surface area contributed by atoms with E-state index in [9.17, 15) is 0 Å². The molecule has 0 saturated carbocycles. The summed E-state index contributed by atoms with van der Waals surface area (Å²) < 4.78 is 5.05. The molecule has 306 valence electrons. The zero-order chi connectivity index (χ0) is 43.1. The van der Waals surface area contributed by atoms with Crippen LogP contribution in [0.4, 0.5) is 34.1 Å². The SMILES string of the molecule is Cc1cc(C)cc(N(c2ccc3c(c2)c2cccc4c5cc6c(cc5n3c24)c2cccc3c4cc(N(c5cc(C)cc(C)c5)c5ccccc5C)ccc4n6c32)c2ccccc2C)c1. The van der Waals surface area contributed by atoms with Crippen molar-refractivity contribution in [1.82, 2.24) is 8.80 Å². The van der Waals surface area contributed by atoms with E-state index in [0.717, 1.165) is 11.4 Å². The van der Waals surface area contributed by atoms with Crippen LogP contribution in [0.2, 0.25) is 0 Å². The Kier molecular flexibility index (Phi) is 7.67. The minimum Gasteiger partial charge on any atom is -0.310 e. The van der Waals surface area contributed by atoms with Crippen molar-refractivity contribution in [2.24, 2.45) is 0 Å². The van der Waals surface area contributed by atoms with Crippen LogP contribution in [-0.2, 0) is 0 Å². The van der Waals surface area contributed by atoms with Crippen molar-refractivity contribution in [2.45, 2.75) is 41.5 Å². The van der Waals surface area contributed by atoms with Gasteiger partial charge < -0.3 is 18.6 Å². The van der Waals surface area contributed by atoms with E-state index in [-0.39, 0.29) is 0 Å². The Balaban J connectivity index is 1.03. The van der Waals surface area contributed by atoms with Gasteiger partial charge in [-0.15, -0.1) is 0 Å². The van der Waals surface area contributed by atoms with Crippen LogP contribution in [0.15, 0.2) is 170 Å². The number of hydrogen-bond acceptors (Lipinski definition) is 2. The maximum Gasteiger partial charge on any atom is 0.0620 e. The van der Waals surface area contributed by atoms with Crippen LogP contribution in [0.3, 0.4) is 0 Å². The van der Waals surface area contributed by atoms with Gasteiger partial charge in [0.05, 0.1) is 33.1 Å². The molecule has 0 N–H and O–H groups in total. The average molecular weight is 823 g/mol. The zero-order valence-corrected chi connectivity index (χ0v) is 37.0. The molecule has 64 heavy (non-hydrogen) atoms. The molecule has 0 bridgehead atoms. The minimum absolute atomic E-state index is 1.16. The Morgan fingerprint density at radius 1 is 0.281 bits per heavy atom. The lowest BCUT2D eigenvalue weighted by Gasteiger charge is -2.28. The van der Waals surface area contributed by atoms with Gasteiger partial charge in [-0.3, -0.25) is 0 Å². The Hall–Kier alpha value is -7.82. The minimum atomic E-state index is 1.16. The molecule has 0 amide bonds. The summed E-state index contributed by atoms with van der Waals surface area (Å²) in [4.78, 5) is 4.86. The molecule has 0 aliphatic heterocycles. The summed E-state index contributed by atoms with van der Waals surface area (Å²) in [7, 11) is 0. The smallest absolute Gasteiger partial charge is 0.0620 e. The summed E-state index contributed by atoms with van der Waals surface area (Å²) >= 11 is 0. The molecular formula is C60H46N4. The molecule has 0 radical (unpaired) electrons. The second-order valence-electron chi connectivity index (χ2n) is 18.3. The van der Waals surface area contributed by atoms with Crippen LogP contribution < -0.4 is 9.80 Å². The molecule has 0 fully saturated rings. The van der Waals surface area contributed by atoms with Gasteiger partial charge in [0.15, 0.2) is 0 Å². The van der Waals surface area contributed by atoms with Crippen LogP contribution in [0, 0.1) is 41.5 Å². The summed E-state index contributed by atoms with van der Waals surface area (Å²) in [6.45, 7) is 13.2. The van der Waals surface area contributed by atoms with Gasteiger partial charge in [0, 0.05) is 77.2 Å². The van der Waals surface area contributed by atoms with E-state index in [4.69, 9.17) is 0 Å². The molecule has 13 aromatic rings. The largest absolute Gasteiger partial charge is 0.310 e. The molecular weight excluding hydrogens is 777 g/mol. The normalized spacial score (nSPS) is 12.2. The first-order valence-electron chi connectivity index (χ1n) is 22.4. The Morgan fingerprint density at radius 3 is 1.02 bits per heavy atom. The third kappa shape index (κ3) is 5.17. The first kappa shape index (κ1) is 36.8. The fraction of sp³-hybridized carbons (Fsp3) is 0.100. The number of benzene rings is 9. The molecule has 0 spiro atoms. The van der Waals surface area contributed by atoms with Gasteiger partial charge in [0.1, 0.15) is 0 Å².